The Bertz CT molecular complexity index is 382. The van der Waals surface area contributed by atoms with Gasteiger partial charge in [0.25, 0.3) is 0 Å². The predicted octanol–water partition coefficient (Wildman–Crippen LogP) is 4.13. The molecule has 100 valence electrons. The van der Waals surface area contributed by atoms with E-state index in [-0.39, 0.29) is 5.41 Å². The molecule has 0 aliphatic carbocycles. The summed E-state index contributed by atoms with van der Waals surface area (Å²) < 4.78 is 0. The zero-order valence-electron chi connectivity index (χ0n) is 12.5. The fourth-order valence-corrected chi connectivity index (χ4v) is 2.96. The van der Waals surface area contributed by atoms with Crippen molar-refractivity contribution in [2.24, 2.45) is 16.7 Å². The summed E-state index contributed by atoms with van der Waals surface area (Å²) in [5, 5.41) is 3.68. The summed E-state index contributed by atoms with van der Waals surface area (Å²) in [5.74, 6) is 1.71. The minimum absolute atomic E-state index is 0.243. The maximum atomic E-state index is 4.49. The Morgan fingerprint density at radius 1 is 1.11 bits per heavy atom. The Balaban J connectivity index is 2.40. The van der Waals surface area contributed by atoms with Crippen molar-refractivity contribution in [2.75, 3.05) is 5.32 Å². The number of nitrogens with zero attached hydrogens (tertiary/aromatic N) is 1. The minimum atomic E-state index is 0.243. The molecule has 0 saturated carbocycles. The Hall–Kier alpha value is -1.05. The molecule has 2 unspecified atom stereocenters. The highest BCUT2D eigenvalue weighted by Crippen LogP contribution is 2.43. The number of fused-ring (bicyclic) bond motifs is 1. The highest BCUT2D eigenvalue weighted by Gasteiger charge is 2.41. The van der Waals surface area contributed by atoms with Gasteiger partial charge in [-0.3, -0.25) is 0 Å². The molecule has 0 bridgehead atoms. The Morgan fingerprint density at radius 2 is 1.78 bits per heavy atom. The van der Waals surface area contributed by atoms with Gasteiger partial charge in [-0.15, -0.1) is 0 Å². The fraction of sp³-hybridized carbons (Fsp3) is 0.688. The van der Waals surface area contributed by atoms with Gasteiger partial charge in [-0.25, -0.2) is 4.98 Å². The molecule has 2 heterocycles. The number of hydrogen-bond donors (Lipinski definition) is 1. The van der Waals surface area contributed by atoms with Gasteiger partial charge in [-0.2, -0.15) is 0 Å². The molecule has 2 rings (SSSR count). The van der Waals surface area contributed by atoms with E-state index in [1.165, 1.54) is 5.56 Å². The van der Waals surface area contributed by atoms with Crippen molar-refractivity contribution in [3.05, 3.63) is 23.9 Å². The molecule has 2 nitrogen and oxygen atoms in total. The summed E-state index contributed by atoms with van der Waals surface area (Å²) >= 11 is 0. The van der Waals surface area contributed by atoms with Crippen molar-refractivity contribution in [1.29, 1.82) is 0 Å². The van der Waals surface area contributed by atoms with Gasteiger partial charge in [0, 0.05) is 12.2 Å². The van der Waals surface area contributed by atoms with Crippen LogP contribution in [0.25, 0.3) is 0 Å². The molecule has 1 aliphatic rings. The van der Waals surface area contributed by atoms with Crippen molar-refractivity contribution < 1.29 is 0 Å². The summed E-state index contributed by atoms with van der Waals surface area (Å²) in [7, 11) is 0. The molecular formula is C16H26N2. The summed E-state index contributed by atoms with van der Waals surface area (Å²) in [6, 6.07) is 4.71. The predicted molar refractivity (Wildman–Crippen MR) is 77.8 cm³/mol. The average Bonchev–Trinajstić information content (AvgIpc) is 2.25. The molecule has 0 saturated heterocycles. The maximum absolute atomic E-state index is 4.49. The topological polar surface area (TPSA) is 24.9 Å². The van der Waals surface area contributed by atoms with E-state index >= 15 is 0 Å². The zero-order chi connectivity index (χ0) is 13.6. The van der Waals surface area contributed by atoms with Crippen molar-refractivity contribution in [3.63, 3.8) is 0 Å². The molecule has 0 radical (unpaired) electrons. The van der Waals surface area contributed by atoms with Gasteiger partial charge < -0.3 is 5.32 Å². The molecule has 0 amide bonds. The first-order chi connectivity index (χ1) is 8.19. The average molecular weight is 246 g/mol. The third-order valence-electron chi connectivity index (χ3n) is 4.07. The van der Waals surface area contributed by atoms with Crippen LogP contribution in [-0.2, 0) is 6.42 Å². The normalized spacial score (nSPS) is 24.3. The van der Waals surface area contributed by atoms with E-state index in [4.69, 9.17) is 0 Å². The molecule has 2 heteroatoms. The lowest BCUT2D eigenvalue weighted by Gasteiger charge is -2.47. The monoisotopic (exact) mass is 246 g/mol. The number of aromatic nitrogens is 1. The Kier molecular flexibility index (Phi) is 3.16. The summed E-state index contributed by atoms with van der Waals surface area (Å²) in [6.45, 7) is 14.0. The molecule has 1 N–H and O–H groups in total. The van der Waals surface area contributed by atoms with Crippen LogP contribution in [0, 0.1) is 16.7 Å². The standard InChI is InChI=1S/C16H26N2/c1-15(2,3)12-10-11-8-7-9-17-14(11)18-13(12)16(4,5)6/h7-9,12-13H,10H2,1-6H3,(H,17,18). The van der Waals surface area contributed by atoms with Crippen LogP contribution in [0.3, 0.4) is 0 Å². The zero-order valence-corrected chi connectivity index (χ0v) is 12.5. The minimum Gasteiger partial charge on any atom is -0.366 e. The lowest BCUT2D eigenvalue weighted by molar-refractivity contribution is 0.136. The Morgan fingerprint density at radius 3 is 2.33 bits per heavy atom. The van der Waals surface area contributed by atoms with Crippen LogP contribution in [0.2, 0.25) is 0 Å². The van der Waals surface area contributed by atoms with Crippen molar-refractivity contribution in [3.8, 4) is 0 Å². The second-order valence-corrected chi connectivity index (χ2v) is 7.68. The SMILES string of the molecule is CC(C)(C)C1Cc2cccnc2NC1C(C)(C)C. The second-order valence-electron chi connectivity index (χ2n) is 7.68. The molecule has 1 aromatic rings. The number of nitrogens with one attached hydrogen (secondary N) is 1. The van der Waals surface area contributed by atoms with Gasteiger partial charge in [0.05, 0.1) is 0 Å². The quantitative estimate of drug-likeness (QED) is 0.744. The van der Waals surface area contributed by atoms with Gasteiger partial charge in [-0.05, 0) is 34.8 Å². The van der Waals surface area contributed by atoms with Crippen LogP contribution in [0.4, 0.5) is 5.82 Å². The van der Waals surface area contributed by atoms with Crippen molar-refractivity contribution in [2.45, 2.75) is 54.0 Å². The summed E-state index contributed by atoms with van der Waals surface area (Å²) in [6.07, 6.45) is 3.00. The number of rotatable bonds is 0. The highest BCUT2D eigenvalue weighted by atomic mass is 15.0. The van der Waals surface area contributed by atoms with Crippen LogP contribution < -0.4 is 5.32 Å². The molecule has 2 atom stereocenters. The first-order valence-corrected chi connectivity index (χ1v) is 6.90. The lowest BCUT2D eigenvalue weighted by atomic mass is 9.65. The summed E-state index contributed by atoms with van der Waals surface area (Å²) in [5.41, 5.74) is 1.91. The van der Waals surface area contributed by atoms with Gasteiger partial charge in [0.1, 0.15) is 5.82 Å². The van der Waals surface area contributed by atoms with Crippen LogP contribution in [0.5, 0.6) is 0 Å². The number of hydrogen-bond acceptors (Lipinski definition) is 2. The van der Waals surface area contributed by atoms with Crippen molar-refractivity contribution >= 4 is 5.82 Å². The molecule has 1 aromatic heterocycles. The third kappa shape index (κ3) is 2.52. The van der Waals surface area contributed by atoms with E-state index in [0.29, 0.717) is 17.4 Å². The fourth-order valence-electron chi connectivity index (χ4n) is 2.96. The van der Waals surface area contributed by atoms with Crippen LogP contribution >= 0.6 is 0 Å². The third-order valence-corrected chi connectivity index (χ3v) is 4.07. The van der Waals surface area contributed by atoms with E-state index < -0.39 is 0 Å². The van der Waals surface area contributed by atoms with E-state index in [2.05, 4.69) is 57.9 Å². The van der Waals surface area contributed by atoms with Gasteiger partial charge in [-0.1, -0.05) is 47.6 Å². The lowest BCUT2D eigenvalue weighted by Crippen LogP contribution is -2.49. The smallest absolute Gasteiger partial charge is 0.129 e. The van der Waals surface area contributed by atoms with Gasteiger partial charge >= 0.3 is 0 Å². The maximum Gasteiger partial charge on any atom is 0.129 e. The highest BCUT2D eigenvalue weighted by molar-refractivity contribution is 5.48. The number of anilines is 1. The molecule has 0 aromatic carbocycles. The molecular weight excluding hydrogens is 220 g/mol. The number of pyridine rings is 1. The van der Waals surface area contributed by atoms with E-state index in [1.54, 1.807) is 0 Å². The van der Waals surface area contributed by atoms with Crippen LogP contribution in [0.1, 0.15) is 47.1 Å². The van der Waals surface area contributed by atoms with E-state index in [0.717, 1.165) is 12.2 Å². The first-order valence-electron chi connectivity index (χ1n) is 6.90. The van der Waals surface area contributed by atoms with Crippen molar-refractivity contribution in [1.82, 2.24) is 4.98 Å². The molecule has 0 spiro atoms. The first kappa shape index (κ1) is 13.4. The second kappa shape index (κ2) is 4.25. The van der Waals surface area contributed by atoms with Crippen LogP contribution in [0.15, 0.2) is 18.3 Å². The molecule has 18 heavy (non-hydrogen) atoms. The van der Waals surface area contributed by atoms with Gasteiger partial charge in [0.15, 0.2) is 0 Å². The Labute approximate surface area is 111 Å². The van der Waals surface area contributed by atoms with E-state index in [9.17, 15) is 0 Å². The molecule has 1 aliphatic heterocycles. The molecule has 0 fully saturated rings. The largest absolute Gasteiger partial charge is 0.366 e. The summed E-state index contributed by atoms with van der Waals surface area (Å²) in [4.78, 5) is 4.49. The van der Waals surface area contributed by atoms with E-state index in [1.807, 2.05) is 12.3 Å². The van der Waals surface area contributed by atoms with Crippen LogP contribution in [-0.4, -0.2) is 11.0 Å². The van der Waals surface area contributed by atoms with Gasteiger partial charge in [0.2, 0.25) is 0 Å².